The Morgan fingerprint density at radius 1 is 0.950 bits per heavy atom. The van der Waals surface area contributed by atoms with E-state index in [1.54, 1.807) is 13.2 Å². The Hall–Kier alpha value is -2.07. The maximum absolute atomic E-state index is 13.8. The van der Waals surface area contributed by atoms with Crippen molar-refractivity contribution >= 4 is 0 Å². The zero-order chi connectivity index (χ0) is 14.5. The maximum Gasteiger partial charge on any atom is 0.165 e. The molecule has 2 aromatic rings. The average Bonchev–Trinajstić information content (AvgIpc) is 2.49. The Labute approximate surface area is 118 Å². The summed E-state index contributed by atoms with van der Waals surface area (Å²) in [6.45, 7) is 0. The fourth-order valence-corrected chi connectivity index (χ4v) is 2.18. The Kier molecular flexibility index (Phi) is 4.58. The molecule has 0 amide bonds. The molecule has 0 spiro atoms. The standard InChI is InChI=1S/C16H18FNO2/c1-18-16(11-4-7-13(19-2)8-5-11)12-6-9-15(20-3)14(17)10-12/h4-10,16,18H,1-3H3. The van der Waals surface area contributed by atoms with Gasteiger partial charge in [0.1, 0.15) is 5.75 Å². The summed E-state index contributed by atoms with van der Waals surface area (Å²) >= 11 is 0. The van der Waals surface area contributed by atoms with Gasteiger partial charge in [-0.25, -0.2) is 4.39 Å². The van der Waals surface area contributed by atoms with Gasteiger partial charge in [-0.3, -0.25) is 0 Å². The van der Waals surface area contributed by atoms with Crippen molar-refractivity contribution in [2.75, 3.05) is 21.3 Å². The molecule has 1 atom stereocenters. The molecule has 0 saturated carbocycles. The van der Waals surface area contributed by atoms with Crippen LogP contribution in [0.3, 0.4) is 0 Å². The Morgan fingerprint density at radius 2 is 1.60 bits per heavy atom. The van der Waals surface area contributed by atoms with Crippen molar-refractivity contribution < 1.29 is 13.9 Å². The van der Waals surface area contributed by atoms with Gasteiger partial charge in [-0.05, 0) is 42.4 Å². The van der Waals surface area contributed by atoms with Crippen LogP contribution in [0.5, 0.6) is 11.5 Å². The van der Waals surface area contributed by atoms with Crippen LogP contribution in [0.1, 0.15) is 17.2 Å². The van der Waals surface area contributed by atoms with E-state index in [4.69, 9.17) is 9.47 Å². The van der Waals surface area contributed by atoms with Crippen LogP contribution in [-0.4, -0.2) is 21.3 Å². The highest BCUT2D eigenvalue weighted by Crippen LogP contribution is 2.27. The van der Waals surface area contributed by atoms with Crippen LogP contribution >= 0.6 is 0 Å². The molecule has 0 fully saturated rings. The van der Waals surface area contributed by atoms with E-state index >= 15 is 0 Å². The van der Waals surface area contributed by atoms with Gasteiger partial charge in [-0.1, -0.05) is 18.2 Å². The topological polar surface area (TPSA) is 30.5 Å². The van der Waals surface area contributed by atoms with Gasteiger partial charge in [0.25, 0.3) is 0 Å². The average molecular weight is 275 g/mol. The van der Waals surface area contributed by atoms with Crippen LogP contribution in [0, 0.1) is 5.82 Å². The molecule has 20 heavy (non-hydrogen) atoms. The van der Waals surface area contributed by atoms with Crippen LogP contribution in [0.2, 0.25) is 0 Å². The second-order valence-electron chi connectivity index (χ2n) is 4.39. The Morgan fingerprint density at radius 3 is 2.10 bits per heavy atom. The van der Waals surface area contributed by atoms with Gasteiger partial charge < -0.3 is 14.8 Å². The van der Waals surface area contributed by atoms with Crippen molar-refractivity contribution in [3.63, 3.8) is 0 Å². The lowest BCUT2D eigenvalue weighted by Gasteiger charge is -2.18. The molecule has 0 aromatic heterocycles. The molecule has 0 bridgehead atoms. The van der Waals surface area contributed by atoms with Crippen LogP contribution in [0.25, 0.3) is 0 Å². The summed E-state index contributed by atoms with van der Waals surface area (Å²) < 4.78 is 23.9. The summed E-state index contributed by atoms with van der Waals surface area (Å²) in [5.41, 5.74) is 1.88. The molecule has 0 aliphatic carbocycles. The molecular weight excluding hydrogens is 257 g/mol. The molecule has 106 valence electrons. The summed E-state index contributed by atoms with van der Waals surface area (Å²) in [6, 6.07) is 12.6. The highest BCUT2D eigenvalue weighted by molar-refractivity contribution is 5.38. The van der Waals surface area contributed by atoms with E-state index in [-0.39, 0.29) is 17.6 Å². The normalized spacial score (nSPS) is 12.0. The number of halogens is 1. The van der Waals surface area contributed by atoms with Gasteiger partial charge in [-0.2, -0.15) is 0 Å². The number of ether oxygens (including phenoxy) is 2. The number of benzene rings is 2. The lowest BCUT2D eigenvalue weighted by molar-refractivity contribution is 0.386. The molecule has 4 heteroatoms. The monoisotopic (exact) mass is 275 g/mol. The van der Waals surface area contributed by atoms with E-state index in [1.807, 2.05) is 37.4 Å². The highest BCUT2D eigenvalue weighted by Gasteiger charge is 2.14. The predicted octanol–water partition coefficient (Wildman–Crippen LogP) is 3.15. The highest BCUT2D eigenvalue weighted by atomic mass is 19.1. The van der Waals surface area contributed by atoms with E-state index in [0.717, 1.165) is 16.9 Å². The van der Waals surface area contributed by atoms with E-state index < -0.39 is 0 Å². The quantitative estimate of drug-likeness (QED) is 0.909. The Balaban J connectivity index is 2.33. The van der Waals surface area contributed by atoms with E-state index in [0.29, 0.717) is 0 Å². The summed E-state index contributed by atoms with van der Waals surface area (Å²) in [4.78, 5) is 0. The van der Waals surface area contributed by atoms with E-state index in [2.05, 4.69) is 5.32 Å². The number of nitrogens with one attached hydrogen (secondary N) is 1. The first-order valence-corrected chi connectivity index (χ1v) is 6.34. The van der Waals surface area contributed by atoms with Crippen molar-refractivity contribution in [3.8, 4) is 11.5 Å². The minimum absolute atomic E-state index is 0.0821. The lowest BCUT2D eigenvalue weighted by Crippen LogP contribution is -2.17. The molecule has 2 rings (SSSR count). The predicted molar refractivity (Wildman–Crippen MR) is 76.8 cm³/mol. The van der Waals surface area contributed by atoms with Gasteiger partial charge >= 0.3 is 0 Å². The number of hydrogen-bond acceptors (Lipinski definition) is 3. The molecule has 1 unspecified atom stereocenters. The molecule has 2 aromatic carbocycles. The molecule has 0 aliphatic heterocycles. The third-order valence-electron chi connectivity index (χ3n) is 3.25. The summed E-state index contributed by atoms with van der Waals surface area (Å²) in [5, 5.41) is 3.19. The third kappa shape index (κ3) is 2.91. The lowest BCUT2D eigenvalue weighted by atomic mass is 9.98. The largest absolute Gasteiger partial charge is 0.497 e. The molecule has 0 aliphatic rings. The fourth-order valence-electron chi connectivity index (χ4n) is 2.18. The Bertz CT molecular complexity index is 569. The van der Waals surface area contributed by atoms with Gasteiger partial charge in [0.2, 0.25) is 0 Å². The third-order valence-corrected chi connectivity index (χ3v) is 3.25. The molecule has 0 heterocycles. The molecule has 3 nitrogen and oxygen atoms in total. The van der Waals surface area contributed by atoms with E-state index in [9.17, 15) is 4.39 Å². The first-order valence-electron chi connectivity index (χ1n) is 6.34. The van der Waals surface area contributed by atoms with Gasteiger partial charge in [0.05, 0.1) is 20.3 Å². The van der Waals surface area contributed by atoms with Gasteiger partial charge in [0.15, 0.2) is 11.6 Å². The number of hydrogen-bond donors (Lipinski definition) is 1. The maximum atomic E-state index is 13.8. The second-order valence-corrected chi connectivity index (χ2v) is 4.39. The van der Waals surface area contributed by atoms with Crippen molar-refractivity contribution in [1.82, 2.24) is 5.32 Å². The second kappa shape index (κ2) is 6.39. The van der Waals surface area contributed by atoms with Crippen LogP contribution < -0.4 is 14.8 Å². The zero-order valence-electron chi connectivity index (χ0n) is 11.8. The SMILES string of the molecule is CNC(c1ccc(OC)cc1)c1ccc(OC)c(F)c1. The van der Waals surface area contributed by atoms with Crippen LogP contribution in [-0.2, 0) is 0 Å². The summed E-state index contributed by atoms with van der Waals surface area (Å²) in [7, 11) is 4.93. The smallest absolute Gasteiger partial charge is 0.165 e. The molecular formula is C16H18FNO2. The van der Waals surface area contributed by atoms with Crippen molar-refractivity contribution in [2.45, 2.75) is 6.04 Å². The van der Waals surface area contributed by atoms with Gasteiger partial charge in [0, 0.05) is 0 Å². The fraction of sp³-hybridized carbons (Fsp3) is 0.250. The van der Waals surface area contributed by atoms with Crippen molar-refractivity contribution in [1.29, 1.82) is 0 Å². The first kappa shape index (κ1) is 14.3. The number of rotatable bonds is 5. The molecule has 0 saturated heterocycles. The first-order chi connectivity index (χ1) is 9.69. The molecule has 0 radical (unpaired) electrons. The van der Waals surface area contributed by atoms with E-state index in [1.165, 1.54) is 13.2 Å². The minimum Gasteiger partial charge on any atom is -0.497 e. The number of methoxy groups -OCH3 is 2. The molecule has 1 N–H and O–H groups in total. The zero-order valence-corrected chi connectivity index (χ0v) is 11.8. The van der Waals surface area contributed by atoms with Gasteiger partial charge in [-0.15, -0.1) is 0 Å². The minimum atomic E-state index is -0.362. The summed E-state index contributed by atoms with van der Waals surface area (Å²) in [5.74, 6) is 0.682. The van der Waals surface area contributed by atoms with Crippen LogP contribution in [0.4, 0.5) is 4.39 Å². The van der Waals surface area contributed by atoms with Crippen molar-refractivity contribution in [2.24, 2.45) is 0 Å². The van der Waals surface area contributed by atoms with Crippen LogP contribution in [0.15, 0.2) is 42.5 Å². The van der Waals surface area contributed by atoms with Crippen molar-refractivity contribution in [3.05, 3.63) is 59.4 Å². The summed E-state index contributed by atoms with van der Waals surface area (Å²) in [6.07, 6.45) is 0.